The Kier molecular flexibility index (Phi) is 6.51. The number of rotatable bonds is 6. The van der Waals surface area contributed by atoms with Gasteiger partial charge in [0.2, 0.25) is 0 Å². The topological polar surface area (TPSA) is 67.4 Å². The summed E-state index contributed by atoms with van der Waals surface area (Å²) in [5.74, 6) is -0.424. The molecule has 0 unspecified atom stereocenters. The summed E-state index contributed by atoms with van der Waals surface area (Å²) in [7, 11) is 0. The first-order chi connectivity index (χ1) is 12.0. The van der Waals surface area contributed by atoms with Gasteiger partial charge in [-0.25, -0.2) is 4.39 Å². The molecule has 0 aliphatic carbocycles. The SMILES string of the molecule is CC[C@@H](C)c1ccc(OCC(=O)NNC(=O)c2ccc(F)cc2)cc1. The van der Waals surface area contributed by atoms with E-state index in [-0.39, 0.29) is 12.2 Å². The van der Waals surface area contributed by atoms with E-state index in [4.69, 9.17) is 4.74 Å². The maximum Gasteiger partial charge on any atom is 0.276 e. The second-order valence-corrected chi connectivity index (χ2v) is 5.68. The van der Waals surface area contributed by atoms with E-state index in [0.29, 0.717) is 11.7 Å². The summed E-state index contributed by atoms with van der Waals surface area (Å²) in [6.45, 7) is 4.04. The van der Waals surface area contributed by atoms with Gasteiger partial charge in [-0.05, 0) is 54.3 Å². The molecule has 0 radical (unpaired) electrons. The van der Waals surface area contributed by atoms with E-state index >= 15 is 0 Å². The number of hydrazine groups is 1. The number of carbonyl (C=O) groups is 2. The first-order valence-corrected chi connectivity index (χ1v) is 8.07. The van der Waals surface area contributed by atoms with Crippen molar-refractivity contribution in [3.63, 3.8) is 0 Å². The van der Waals surface area contributed by atoms with Gasteiger partial charge >= 0.3 is 0 Å². The number of amides is 2. The van der Waals surface area contributed by atoms with E-state index in [1.54, 1.807) is 0 Å². The maximum absolute atomic E-state index is 12.8. The molecule has 0 fully saturated rings. The van der Waals surface area contributed by atoms with Crippen LogP contribution in [-0.2, 0) is 4.79 Å². The van der Waals surface area contributed by atoms with Crippen LogP contribution >= 0.6 is 0 Å². The largest absolute Gasteiger partial charge is 0.484 e. The Morgan fingerprint density at radius 1 is 1.04 bits per heavy atom. The highest BCUT2D eigenvalue weighted by atomic mass is 19.1. The molecule has 5 nitrogen and oxygen atoms in total. The van der Waals surface area contributed by atoms with E-state index in [1.807, 2.05) is 24.3 Å². The van der Waals surface area contributed by atoms with Crippen molar-refractivity contribution in [3.8, 4) is 5.75 Å². The van der Waals surface area contributed by atoms with Gasteiger partial charge in [0.25, 0.3) is 11.8 Å². The monoisotopic (exact) mass is 344 g/mol. The molecular weight excluding hydrogens is 323 g/mol. The number of hydrogen-bond acceptors (Lipinski definition) is 3. The van der Waals surface area contributed by atoms with E-state index in [9.17, 15) is 14.0 Å². The molecule has 0 saturated heterocycles. The normalized spacial score (nSPS) is 11.5. The number of hydrogen-bond donors (Lipinski definition) is 2. The molecule has 25 heavy (non-hydrogen) atoms. The molecule has 1 atom stereocenters. The van der Waals surface area contributed by atoms with Gasteiger partial charge in [-0.15, -0.1) is 0 Å². The fourth-order valence-electron chi connectivity index (χ4n) is 2.11. The lowest BCUT2D eigenvalue weighted by Gasteiger charge is -2.11. The number of ether oxygens (including phenoxy) is 1. The quantitative estimate of drug-likeness (QED) is 0.791. The highest BCUT2D eigenvalue weighted by Crippen LogP contribution is 2.21. The van der Waals surface area contributed by atoms with Gasteiger partial charge in [-0.3, -0.25) is 20.4 Å². The van der Waals surface area contributed by atoms with Crippen LogP contribution in [0.4, 0.5) is 4.39 Å². The summed E-state index contributed by atoms with van der Waals surface area (Å²) in [5, 5.41) is 0. The van der Waals surface area contributed by atoms with Crippen LogP contribution in [0.3, 0.4) is 0 Å². The Labute approximate surface area is 146 Å². The zero-order chi connectivity index (χ0) is 18.2. The zero-order valence-corrected chi connectivity index (χ0v) is 14.2. The summed E-state index contributed by atoms with van der Waals surface area (Å²) in [6.07, 6.45) is 1.05. The second-order valence-electron chi connectivity index (χ2n) is 5.68. The minimum absolute atomic E-state index is 0.230. The van der Waals surface area contributed by atoms with Gasteiger partial charge in [0.05, 0.1) is 0 Å². The van der Waals surface area contributed by atoms with Crippen LogP contribution in [0.5, 0.6) is 5.75 Å². The van der Waals surface area contributed by atoms with Crippen molar-refractivity contribution in [2.45, 2.75) is 26.2 Å². The van der Waals surface area contributed by atoms with E-state index in [0.717, 1.165) is 6.42 Å². The first-order valence-electron chi connectivity index (χ1n) is 8.07. The second kappa shape index (κ2) is 8.82. The molecule has 0 aliphatic rings. The lowest BCUT2D eigenvalue weighted by Crippen LogP contribution is -2.43. The van der Waals surface area contributed by atoms with Crippen molar-refractivity contribution >= 4 is 11.8 Å². The minimum Gasteiger partial charge on any atom is -0.484 e. The highest BCUT2D eigenvalue weighted by Gasteiger charge is 2.08. The van der Waals surface area contributed by atoms with Crippen molar-refractivity contribution in [2.24, 2.45) is 0 Å². The Morgan fingerprint density at radius 2 is 1.68 bits per heavy atom. The Hall–Kier alpha value is -2.89. The number of benzene rings is 2. The molecule has 0 saturated carbocycles. The minimum atomic E-state index is -0.536. The lowest BCUT2D eigenvalue weighted by molar-refractivity contribution is -0.123. The molecule has 0 heterocycles. The summed E-state index contributed by atoms with van der Waals surface area (Å²) in [5.41, 5.74) is 5.95. The van der Waals surface area contributed by atoms with Gasteiger partial charge in [-0.1, -0.05) is 26.0 Å². The molecule has 0 bridgehead atoms. The molecule has 6 heteroatoms. The molecule has 132 valence electrons. The average Bonchev–Trinajstić information content (AvgIpc) is 2.64. The molecular formula is C19H21FN2O3. The summed E-state index contributed by atoms with van der Waals surface area (Å²) >= 11 is 0. The molecule has 2 aromatic rings. The van der Waals surface area contributed by atoms with Crippen LogP contribution in [0.1, 0.15) is 42.1 Å². The molecule has 2 rings (SSSR count). The van der Waals surface area contributed by atoms with Crippen molar-refractivity contribution in [3.05, 3.63) is 65.5 Å². The maximum atomic E-state index is 12.8. The fourth-order valence-corrected chi connectivity index (χ4v) is 2.11. The predicted molar refractivity (Wildman–Crippen MR) is 92.7 cm³/mol. The van der Waals surface area contributed by atoms with Crippen LogP contribution in [0.25, 0.3) is 0 Å². The molecule has 0 aliphatic heterocycles. The van der Waals surface area contributed by atoms with Crippen molar-refractivity contribution in [1.29, 1.82) is 0 Å². The summed E-state index contributed by atoms with van der Waals surface area (Å²) in [4.78, 5) is 23.5. The van der Waals surface area contributed by atoms with Crippen LogP contribution in [-0.4, -0.2) is 18.4 Å². The number of halogens is 1. The Bertz CT molecular complexity index is 714. The first kappa shape index (κ1) is 18.4. The smallest absolute Gasteiger partial charge is 0.276 e. The van der Waals surface area contributed by atoms with Gasteiger partial charge in [0, 0.05) is 5.56 Å². The van der Waals surface area contributed by atoms with Crippen LogP contribution < -0.4 is 15.6 Å². The average molecular weight is 344 g/mol. The van der Waals surface area contributed by atoms with E-state index < -0.39 is 17.6 Å². The highest BCUT2D eigenvalue weighted by molar-refractivity contribution is 5.95. The third kappa shape index (κ3) is 5.60. The third-order valence-corrected chi connectivity index (χ3v) is 3.85. The van der Waals surface area contributed by atoms with Crippen LogP contribution in [0, 0.1) is 5.82 Å². The summed E-state index contributed by atoms with van der Waals surface area (Å²) in [6, 6.07) is 12.6. The van der Waals surface area contributed by atoms with Gasteiger partial charge in [-0.2, -0.15) is 0 Å². The summed E-state index contributed by atoms with van der Waals surface area (Å²) < 4.78 is 18.2. The van der Waals surface area contributed by atoms with Crippen molar-refractivity contribution in [2.75, 3.05) is 6.61 Å². The van der Waals surface area contributed by atoms with Crippen molar-refractivity contribution in [1.82, 2.24) is 10.9 Å². The van der Waals surface area contributed by atoms with Crippen LogP contribution in [0.15, 0.2) is 48.5 Å². The zero-order valence-electron chi connectivity index (χ0n) is 14.2. The van der Waals surface area contributed by atoms with Gasteiger partial charge in [0.15, 0.2) is 6.61 Å². The third-order valence-electron chi connectivity index (χ3n) is 3.85. The Morgan fingerprint density at radius 3 is 2.28 bits per heavy atom. The number of nitrogens with one attached hydrogen (secondary N) is 2. The fraction of sp³-hybridized carbons (Fsp3) is 0.263. The molecule has 2 N–H and O–H groups in total. The molecule has 2 aromatic carbocycles. The molecule has 2 amide bonds. The predicted octanol–water partition coefficient (Wildman–Crippen LogP) is 3.18. The van der Waals surface area contributed by atoms with E-state index in [1.165, 1.54) is 29.8 Å². The van der Waals surface area contributed by atoms with Gasteiger partial charge in [0.1, 0.15) is 11.6 Å². The molecule has 0 aromatic heterocycles. The number of carbonyl (C=O) groups excluding carboxylic acids is 2. The lowest BCUT2D eigenvalue weighted by atomic mass is 9.99. The Balaban J connectivity index is 1.76. The standard InChI is InChI=1S/C19H21FN2O3/c1-3-13(2)14-6-10-17(11-7-14)25-12-18(23)21-22-19(24)15-4-8-16(20)9-5-15/h4-11,13H,3,12H2,1-2H3,(H,21,23)(H,22,24)/t13-/m1/s1. The van der Waals surface area contributed by atoms with Crippen LogP contribution in [0.2, 0.25) is 0 Å². The van der Waals surface area contributed by atoms with Gasteiger partial charge < -0.3 is 4.74 Å². The van der Waals surface area contributed by atoms with Crippen molar-refractivity contribution < 1.29 is 18.7 Å². The molecule has 0 spiro atoms. The van der Waals surface area contributed by atoms with E-state index in [2.05, 4.69) is 24.7 Å².